The first-order chi connectivity index (χ1) is 9.84. The molecule has 0 saturated carbocycles. The van der Waals surface area contributed by atoms with Crippen molar-refractivity contribution in [3.8, 4) is 0 Å². The maximum Gasteiger partial charge on any atom is 0.195 e. The summed E-state index contributed by atoms with van der Waals surface area (Å²) >= 11 is 0. The quantitative estimate of drug-likeness (QED) is 0.549. The van der Waals surface area contributed by atoms with Crippen LogP contribution < -0.4 is 0 Å². The fourth-order valence-electron chi connectivity index (χ4n) is 1.74. The van der Waals surface area contributed by atoms with Gasteiger partial charge in [0.05, 0.1) is 19.8 Å². The van der Waals surface area contributed by atoms with Gasteiger partial charge in [-0.3, -0.25) is 4.57 Å². The molecule has 0 N–H and O–H groups in total. The molecule has 0 bridgehead atoms. The molecule has 0 saturated heterocycles. The van der Waals surface area contributed by atoms with E-state index in [0.29, 0.717) is 26.0 Å². The molecule has 1 atom stereocenters. The van der Waals surface area contributed by atoms with Crippen LogP contribution in [-0.4, -0.2) is 13.2 Å². The Morgan fingerprint density at radius 3 is 2.45 bits per heavy atom. The highest BCUT2D eigenvalue weighted by Gasteiger charge is 2.01. The highest BCUT2D eigenvalue weighted by molar-refractivity contribution is 7.38. The van der Waals surface area contributed by atoms with Crippen LogP contribution >= 0.6 is 8.03 Å². The first-order valence-electron chi connectivity index (χ1n) is 6.57. The van der Waals surface area contributed by atoms with Gasteiger partial charge in [-0.2, -0.15) is 0 Å². The second kappa shape index (κ2) is 8.70. The van der Waals surface area contributed by atoms with Crippen molar-refractivity contribution in [3.05, 3.63) is 71.8 Å². The minimum absolute atomic E-state index is 0.365. The molecule has 3 nitrogen and oxygen atoms in total. The molecule has 1 unspecified atom stereocenters. The number of benzene rings is 2. The Labute approximate surface area is 120 Å². The lowest BCUT2D eigenvalue weighted by Crippen LogP contribution is -2.01. The van der Waals surface area contributed by atoms with Gasteiger partial charge in [0.15, 0.2) is 8.03 Å². The zero-order chi connectivity index (χ0) is 14.0. The minimum atomic E-state index is -2.03. The van der Waals surface area contributed by atoms with Crippen molar-refractivity contribution in [1.29, 1.82) is 0 Å². The van der Waals surface area contributed by atoms with Crippen LogP contribution in [-0.2, 0) is 26.6 Å². The van der Waals surface area contributed by atoms with E-state index in [9.17, 15) is 4.57 Å². The third kappa shape index (κ3) is 5.70. The molecule has 2 aromatic rings. The van der Waals surface area contributed by atoms with E-state index in [-0.39, 0.29) is 0 Å². The molecule has 20 heavy (non-hydrogen) atoms. The Morgan fingerprint density at radius 2 is 1.70 bits per heavy atom. The maximum absolute atomic E-state index is 11.7. The summed E-state index contributed by atoms with van der Waals surface area (Å²) in [6.45, 7) is 1.37. The molecule has 1 radical (unpaired) electrons. The first kappa shape index (κ1) is 15.0. The van der Waals surface area contributed by atoms with Gasteiger partial charge in [-0.1, -0.05) is 54.6 Å². The number of rotatable bonds is 8. The second-order valence-electron chi connectivity index (χ2n) is 4.34. The average molecular weight is 289 g/mol. The summed E-state index contributed by atoms with van der Waals surface area (Å²) in [5.74, 6) is 0. The maximum atomic E-state index is 11.7. The topological polar surface area (TPSA) is 35.5 Å². The van der Waals surface area contributed by atoms with Gasteiger partial charge in [-0.25, -0.2) is 0 Å². The van der Waals surface area contributed by atoms with E-state index in [1.165, 1.54) is 0 Å². The van der Waals surface area contributed by atoms with Gasteiger partial charge in [0.2, 0.25) is 0 Å². The lowest BCUT2D eigenvalue weighted by atomic mass is 10.2. The fraction of sp³-hybridized carbons (Fsp3) is 0.250. The van der Waals surface area contributed by atoms with Crippen molar-refractivity contribution in [2.75, 3.05) is 13.2 Å². The Bertz CT molecular complexity index is 514. The molecule has 0 aliphatic carbocycles. The molecule has 0 aliphatic heterocycles. The Morgan fingerprint density at radius 1 is 0.950 bits per heavy atom. The normalized spacial score (nSPS) is 12.2. The minimum Gasteiger partial charge on any atom is -0.374 e. The lowest BCUT2D eigenvalue weighted by molar-refractivity contribution is 0.0913. The van der Waals surface area contributed by atoms with Crippen molar-refractivity contribution in [1.82, 2.24) is 0 Å². The molecule has 0 heterocycles. The largest absolute Gasteiger partial charge is 0.374 e. The van der Waals surface area contributed by atoms with E-state index in [1.807, 2.05) is 54.6 Å². The summed E-state index contributed by atoms with van der Waals surface area (Å²) < 4.78 is 22.5. The summed E-state index contributed by atoms with van der Waals surface area (Å²) in [7, 11) is -2.03. The Hall–Kier alpha value is -1.41. The van der Waals surface area contributed by atoms with Crippen LogP contribution in [0.4, 0.5) is 0 Å². The predicted molar refractivity (Wildman–Crippen MR) is 80.0 cm³/mol. The van der Waals surface area contributed by atoms with Gasteiger partial charge in [0, 0.05) is 6.16 Å². The van der Waals surface area contributed by atoms with Crippen molar-refractivity contribution >= 4 is 8.03 Å². The second-order valence-corrected chi connectivity index (χ2v) is 5.73. The molecule has 0 fully saturated rings. The van der Waals surface area contributed by atoms with Gasteiger partial charge in [0.25, 0.3) is 0 Å². The standard InChI is InChI=1S/C16H18O3P/c17-20(14-16-9-5-2-6-10-16)19-12-11-18-13-15-7-3-1-4-8-15/h1,3-10,20H,11-14H2. The smallest absolute Gasteiger partial charge is 0.195 e. The van der Waals surface area contributed by atoms with Crippen LogP contribution in [0.3, 0.4) is 0 Å². The van der Waals surface area contributed by atoms with Crippen molar-refractivity contribution in [2.24, 2.45) is 0 Å². The lowest BCUT2D eigenvalue weighted by Gasteiger charge is -2.06. The zero-order valence-corrected chi connectivity index (χ0v) is 12.2. The van der Waals surface area contributed by atoms with Crippen molar-refractivity contribution < 1.29 is 13.8 Å². The van der Waals surface area contributed by atoms with Crippen LogP contribution in [0.1, 0.15) is 11.1 Å². The molecule has 0 spiro atoms. The highest BCUT2D eigenvalue weighted by atomic mass is 31.1. The molecule has 2 aromatic carbocycles. The summed E-state index contributed by atoms with van der Waals surface area (Å²) in [5, 5.41) is 0. The number of hydrogen-bond acceptors (Lipinski definition) is 3. The Balaban J connectivity index is 1.58. The third-order valence-corrected chi connectivity index (χ3v) is 3.96. The molecule has 105 valence electrons. The molecular formula is C16H18O3P. The van der Waals surface area contributed by atoms with Gasteiger partial charge in [-0.15, -0.1) is 0 Å². The summed E-state index contributed by atoms with van der Waals surface area (Å²) in [4.78, 5) is 0. The van der Waals surface area contributed by atoms with Crippen molar-refractivity contribution in [2.45, 2.75) is 12.8 Å². The zero-order valence-electron chi connectivity index (χ0n) is 11.2. The third-order valence-electron chi connectivity index (χ3n) is 2.74. The Kier molecular flexibility index (Phi) is 6.52. The van der Waals surface area contributed by atoms with Crippen LogP contribution in [0.2, 0.25) is 0 Å². The number of hydrogen-bond donors (Lipinski definition) is 0. The van der Waals surface area contributed by atoms with E-state index >= 15 is 0 Å². The van der Waals surface area contributed by atoms with Crippen LogP contribution in [0.5, 0.6) is 0 Å². The van der Waals surface area contributed by atoms with Gasteiger partial charge >= 0.3 is 0 Å². The van der Waals surface area contributed by atoms with Gasteiger partial charge < -0.3 is 9.26 Å². The molecule has 4 heteroatoms. The van der Waals surface area contributed by atoms with E-state index in [1.54, 1.807) is 0 Å². The van der Waals surface area contributed by atoms with Crippen molar-refractivity contribution in [3.63, 3.8) is 0 Å². The van der Waals surface area contributed by atoms with E-state index < -0.39 is 8.03 Å². The molecule has 2 rings (SSSR count). The average Bonchev–Trinajstić information content (AvgIpc) is 2.49. The summed E-state index contributed by atoms with van der Waals surface area (Å²) in [5.41, 5.74) is 2.14. The molecular weight excluding hydrogens is 271 g/mol. The van der Waals surface area contributed by atoms with E-state index in [0.717, 1.165) is 11.1 Å². The molecule has 0 aliphatic rings. The predicted octanol–water partition coefficient (Wildman–Crippen LogP) is 3.69. The van der Waals surface area contributed by atoms with Gasteiger partial charge in [0.1, 0.15) is 0 Å². The fourth-order valence-corrected chi connectivity index (χ4v) is 2.72. The number of ether oxygens (including phenoxy) is 1. The molecule has 0 aromatic heterocycles. The van der Waals surface area contributed by atoms with Crippen LogP contribution in [0.15, 0.2) is 54.6 Å². The highest BCUT2D eigenvalue weighted by Crippen LogP contribution is 2.27. The van der Waals surface area contributed by atoms with E-state index in [4.69, 9.17) is 9.26 Å². The summed E-state index contributed by atoms with van der Waals surface area (Å²) in [6, 6.07) is 20.3. The van der Waals surface area contributed by atoms with Crippen LogP contribution in [0, 0.1) is 6.07 Å². The van der Waals surface area contributed by atoms with Crippen LogP contribution in [0.25, 0.3) is 0 Å². The first-order valence-corrected chi connectivity index (χ1v) is 8.09. The van der Waals surface area contributed by atoms with Gasteiger partial charge in [-0.05, 0) is 17.2 Å². The van der Waals surface area contributed by atoms with E-state index in [2.05, 4.69) is 6.07 Å². The molecule has 0 amide bonds. The summed E-state index contributed by atoms with van der Waals surface area (Å²) in [6.07, 6.45) is 0.470. The SMILES string of the molecule is O=[PH](Cc1cc[c]cc1)OCCOCc1ccccc1. The monoisotopic (exact) mass is 289 g/mol.